The SMILES string of the molecule is Cc1cccc(OCC2(CNC(=O)C3CC3)C[C@@H](O)[C@@H](O)C2)n1. The highest BCUT2D eigenvalue weighted by Crippen LogP contribution is 2.39. The molecule has 0 bridgehead atoms. The van der Waals surface area contributed by atoms with Crippen LogP contribution in [0, 0.1) is 18.3 Å². The van der Waals surface area contributed by atoms with Gasteiger partial charge in [0.25, 0.3) is 0 Å². The first-order valence-corrected chi connectivity index (χ1v) is 8.18. The summed E-state index contributed by atoms with van der Waals surface area (Å²) in [4.78, 5) is 16.2. The predicted octanol–water partition coefficient (Wildman–Crippen LogP) is 0.797. The van der Waals surface area contributed by atoms with Gasteiger partial charge in [-0.3, -0.25) is 4.79 Å². The van der Waals surface area contributed by atoms with Crippen LogP contribution in [0.1, 0.15) is 31.4 Å². The van der Waals surface area contributed by atoms with Gasteiger partial charge >= 0.3 is 0 Å². The number of aromatic nitrogens is 1. The summed E-state index contributed by atoms with van der Waals surface area (Å²) in [5.74, 6) is 0.727. The highest BCUT2D eigenvalue weighted by molar-refractivity contribution is 5.80. The van der Waals surface area contributed by atoms with Crippen molar-refractivity contribution in [3.8, 4) is 5.88 Å². The average Bonchev–Trinajstić information content (AvgIpc) is 3.31. The van der Waals surface area contributed by atoms with Crippen LogP contribution >= 0.6 is 0 Å². The lowest BCUT2D eigenvalue weighted by atomic mass is 9.86. The van der Waals surface area contributed by atoms with Crippen molar-refractivity contribution in [1.82, 2.24) is 10.3 Å². The molecule has 3 atom stereocenters. The molecule has 2 aliphatic rings. The second-order valence-corrected chi connectivity index (χ2v) is 6.94. The van der Waals surface area contributed by atoms with E-state index in [0.29, 0.717) is 31.9 Å². The van der Waals surface area contributed by atoms with Gasteiger partial charge in [-0.2, -0.15) is 0 Å². The Balaban J connectivity index is 1.64. The maximum atomic E-state index is 11.9. The molecule has 0 aromatic carbocycles. The molecule has 0 spiro atoms. The molecule has 0 radical (unpaired) electrons. The van der Waals surface area contributed by atoms with Gasteiger partial charge < -0.3 is 20.3 Å². The molecule has 6 heteroatoms. The summed E-state index contributed by atoms with van der Waals surface area (Å²) in [5.41, 5.74) is 0.402. The molecule has 23 heavy (non-hydrogen) atoms. The van der Waals surface area contributed by atoms with E-state index in [-0.39, 0.29) is 11.8 Å². The Hall–Kier alpha value is -1.66. The molecule has 1 aromatic rings. The molecule has 6 nitrogen and oxygen atoms in total. The number of amides is 1. The van der Waals surface area contributed by atoms with Gasteiger partial charge in [0.2, 0.25) is 11.8 Å². The second-order valence-electron chi connectivity index (χ2n) is 6.94. The van der Waals surface area contributed by atoms with Crippen LogP contribution in [0.5, 0.6) is 5.88 Å². The minimum absolute atomic E-state index is 0.0638. The van der Waals surface area contributed by atoms with Crippen molar-refractivity contribution in [1.29, 1.82) is 0 Å². The third-order valence-electron chi connectivity index (χ3n) is 4.70. The van der Waals surface area contributed by atoms with E-state index in [1.54, 1.807) is 6.07 Å². The van der Waals surface area contributed by atoms with Crippen LogP contribution in [-0.4, -0.2) is 46.5 Å². The van der Waals surface area contributed by atoms with Gasteiger partial charge in [0.15, 0.2) is 0 Å². The van der Waals surface area contributed by atoms with Crippen LogP contribution in [0.15, 0.2) is 18.2 Å². The van der Waals surface area contributed by atoms with Crippen molar-refractivity contribution in [2.24, 2.45) is 11.3 Å². The number of pyridine rings is 1. The van der Waals surface area contributed by atoms with E-state index in [2.05, 4.69) is 10.3 Å². The second kappa shape index (κ2) is 6.45. The molecule has 1 unspecified atom stereocenters. The van der Waals surface area contributed by atoms with Crippen LogP contribution in [0.25, 0.3) is 0 Å². The van der Waals surface area contributed by atoms with Crippen molar-refractivity contribution in [3.63, 3.8) is 0 Å². The number of carbonyl (C=O) groups is 1. The van der Waals surface area contributed by atoms with E-state index in [0.717, 1.165) is 18.5 Å². The van der Waals surface area contributed by atoms with Gasteiger partial charge in [0, 0.05) is 29.6 Å². The minimum Gasteiger partial charge on any atom is -0.477 e. The first-order valence-electron chi connectivity index (χ1n) is 8.18. The van der Waals surface area contributed by atoms with Crippen LogP contribution in [-0.2, 0) is 4.79 Å². The molecule has 1 amide bonds. The van der Waals surface area contributed by atoms with Gasteiger partial charge in [0.05, 0.1) is 18.8 Å². The third kappa shape index (κ3) is 4.00. The third-order valence-corrected chi connectivity index (χ3v) is 4.70. The first kappa shape index (κ1) is 16.2. The lowest BCUT2D eigenvalue weighted by Crippen LogP contribution is -2.41. The number of aliphatic hydroxyl groups excluding tert-OH is 2. The van der Waals surface area contributed by atoms with Gasteiger partial charge in [-0.15, -0.1) is 0 Å². The summed E-state index contributed by atoms with van der Waals surface area (Å²) in [6.07, 6.45) is 1.17. The van der Waals surface area contributed by atoms with E-state index in [4.69, 9.17) is 4.74 Å². The molecule has 2 aliphatic carbocycles. The Morgan fingerprint density at radius 1 is 1.35 bits per heavy atom. The van der Waals surface area contributed by atoms with E-state index in [9.17, 15) is 15.0 Å². The number of hydrogen-bond donors (Lipinski definition) is 3. The summed E-state index contributed by atoms with van der Waals surface area (Å²) in [7, 11) is 0. The van der Waals surface area contributed by atoms with Crippen molar-refractivity contribution in [2.45, 2.75) is 44.8 Å². The van der Waals surface area contributed by atoms with Gasteiger partial charge in [-0.05, 0) is 38.7 Å². The van der Waals surface area contributed by atoms with Gasteiger partial charge in [0.1, 0.15) is 0 Å². The standard InChI is InChI=1S/C17H24N2O4/c1-11-3-2-4-15(19-11)23-10-17(7-13(20)14(21)8-17)9-18-16(22)12-5-6-12/h2-4,12-14,20-21H,5-10H2,1H3,(H,18,22)/t13-,14+,17?. The maximum Gasteiger partial charge on any atom is 0.223 e. The van der Waals surface area contributed by atoms with E-state index < -0.39 is 17.6 Å². The monoisotopic (exact) mass is 320 g/mol. The van der Waals surface area contributed by atoms with Crippen LogP contribution < -0.4 is 10.1 Å². The highest BCUT2D eigenvalue weighted by Gasteiger charge is 2.45. The van der Waals surface area contributed by atoms with Crippen LogP contribution in [0.3, 0.4) is 0 Å². The predicted molar refractivity (Wildman–Crippen MR) is 83.9 cm³/mol. The Morgan fingerprint density at radius 3 is 2.65 bits per heavy atom. The maximum absolute atomic E-state index is 11.9. The summed E-state index contributed by atoms with van der Waals surface area (Å²) in [6.45, 7) is 2.60. The molecule has 126 valence electrons. The molecule has 0 aliphatic heterocycles. The number of nitrogens with one attached hydrogen (secondary N) is 1. The zero-order valence-corrected chi connectivity index (χ0v) is 13.4. The number of hydrogen-bond acceptors (Lipinski definition) is 5. The smallest absolute Gasteiger partial charge is 0.223 e. The fourth-order valence-corrected chi connectivity index (χ4v) is 3.15. The van der Waals surface area contributed by atoms with Crippen molar-refractivity contribution in [2.75, 3.05) is 13.2 Å². The molecule has 2 fully saturated rings. The van der Waals surface area contributed by atoms with Gasteiger partial charge in [-0.25, -0.2) is 4.98 Å². The fourth-order valence-electron chi connectivity index (χ4n) is 3.15. The van der Waals surface area contributed by atoms with Gasteiger partial charge in [-0.1, -0.05) is 6.07 Å². The average molecular weight is 320 g/mol. The summed E-state index contributed by atoms with van der Waals surface area (Å²) < 4.78 is 5.79. The summed E-state index contributed by atoms with van der Waals surface area (Å²) in [5, 5.41) is 22.8. The molecule has 3 rings (SSSR count). The quantitative estimate of drug-likeness (QED) is 0.721. The number of carbonyl (C=O) groups excluding carboxylic acids is 1. The first-order chi connectivity index (χ1) is 11.0. The van der Waals surface area contributed by atoms with E-state index in [1.165, 1.54) is 0 Å². The van der Waals surface area contributed by atoms with Crippen molar-refractivity contribution >= 4 is 5.91 Å². The molecular formula is C17H24N2O4. The summed E-state index contributed by atoms with van der Waals surface area (Å²) >= 11 is 0. The molecule has 2 saturated carbocycles. The Kier molecular flexibility index (Phi) is 4.55. The highest BCUT2D eigenvalue weighted by atomic mass is 16.5. The zero-order valence-electron chi connectivity index (χ0n) is 13.4. The largest absolute Gasteiger partial charge is 0.477 e. The Bertz CT molecular complexity index is 563. The van der Waals surface area contributed by atoms with E-state index >= 15 is 0 Å². The molecule has 3 N–H and O–H groups in total. The molecule has 0 saturated heterocycles. The molecule has 1 aromatic heterocycles. The Labute approximate surface area is 135 Å². The normalized spacial score (nSPS) is 30.2. The number of ether oxygens (including phenoxy) is 1. The van der Waals surface area contributed by atoms with E-state index in [1.807, 2.05) is 19.1 Å². The number of nitrogens with zero attached hydrogens (tertiary/aromatic N) is 1. The lowest BCUT2D eigenvalue weighted by molar-refractivity contribution is -0.123. The zero-order chi connectivity index (χ0) is 16.4. The number of aliphatic hydroxyl groups is 2. The topological polar surface area (TPSA) is 91.7 Å². The van der Waals surface area contributed by atoms with Crippen LogP contribution in [0.2, 0.25) is 0 Å². The van der Waals surface area contributed by atoms with Crippen LogP contribution in [0.4, 0.5) is 0 Å². The Morgan fingerprint density at radius 2 is 2.04 bits per heavy atom. The summed E-state index contributed by atoms with van der Waals surface area (Å²) in [6, 6.07) is 5.55. The lowest BCUT2D eigenvalue weighted by Gasteiger charge is -2.29. The molecular weight excluding hydrogens is 296 g/mol. The van der Waals surface area contributed by atoms with Crippen molar-refractivity contribution < 1.29 is 19.7 Å². The minimum atomic E-state index is -0.776. The number of rotatable bonds is 6. The molecule has 1 heterocycles. The number of aryl methyl sites for hydroxylation is 1. The fraction of sp³-hybridized carbons (Fsp3) is 0.647. The van der Waals surface area contributed by atoms with Crippen molar-refractivity contribution in [3.05, 3.63) is 23.9 Å².